The van der Waals surface area contributed by atoms with Gasteiger partial charge in [-0.25, -0.2) is 0 Å². The lowest BCUT2D eigenvalue weighted by molar-refractivity contribution is -0.114. The number of para-hydroxylation sites is 1. The van der Waals surface area contributed by atoms with Crippen LogP contribution in [0.15, 0.2) is 82.6 Å². The Morgan fingerprint density at radius 1 is 1.03 bits per heavy atom. The Bertz CT molecular complexity index is 1300. The number of carbonyl (C=O) groups excluding carboxylic acids is 2. The van der Waals surface area contributed by atoms with Crippen LogP contribution in [0, 0.1) is 12.8 Å². The first-order valence-electron chi connectivity index (χ1n) is 12.7. The van der Waals surface area contributed by atoms with E-state index in [1.165, 1.54) is 36.6 Å². The van der Waals surface area contributed by atoms with Crippen molar-refractivity contribution in [1.29, 1.82) is 0 Å². The molecule has 1 aliphatic heterocycles. The summed E-state index contributed by atoms with van der Waals surface area (Å²) in [4.78, 5) is 30.0. The van der Waals surface area contributed by atoms with Crippen molar-refractivity contribution in [2.24, 2.45) is 5.92 Å². The topological polar surface area (TPSA) is 49.4 Å². The molecule has 0 radical (unpaired) electrons. The lowest BCUT2D eigenvalue weighted by Gasteiger charge is -2.30. The Balaban J connectivity index is 1.35. The molecule has 4 nitrogen and oxygen atoms in total. The molecule has 5 rings (SSSR count). The molecular formula is C31H32N2O2S. The first-order chi connectivity index (χ1) is 17.5. The van der Waals surface area contributed by atoms with Gasteiger partial charge >= 0.3 is 0 Å². The molecule has 0 bridgehead atoms. The van der Waals surface area contributed by atoms with Crippen molar-refractivity contribution < 1.29 is 9.59 Å². The van der Waals surface area contributed by atoms with Crippen molar-refractivity contribution in [2.75, 3.05) is 4.90 Å². The molecule has 2 aliphatic rings. The average Bonchev–Trinajstić information content (AvgIpc) is 2.88. The fourth-order valence-corrected chi connectivity index (χ4v) is 6.14. The summed E-state index contributed by atoms with van der Waals surface area (Å²) in [5.41, 5.74) is 4.78. The van der Waals surface area contributed by atoms with Crippen LogP contribution in [0.4, 0.5) is 5.69 Å². The molecule has 1 heterocycles. The Morgan fingerprint density at radius 3 is 2.58 bits per heavy atom. The summed E-state index contributed by atoms with van der Waals surface area (Å²) in [7, 11) is 0. The normalized spacial score (nSPS) is 20.8. The minimum Gasteiger partial charge on any atom is -0.349 e. The van der Waals surface area contributed by atoms with Crippen LogP contribution in [-0.2, 0) is 11.3 Å². The molecule has 184 valence electrons. The molecule has 1 fully saturated rings. The van der Waals surface area contributed by atoms with Gasteiger partial charge < -0.3 is 10.2 Å². The summed E-state index contributed by atoms with van der Waals surface area (Å²) in [5.74, 6) is 0.495. The van der Waals surface area contributed by atoms with Crippen molar-refractivity contribution >= 4 is 35.3 Å². The molecule has 0 spiro atoms. The molecule has 2 atom stereocenters. The number of rotatable bonds is 5. The van der Waals surface area contributed by atoms with Crippen LogP contribution in [0.5, 0.6) is 0 Å². The number of nitrogens with zero attached hydrogens (tertiary/aromatic N) is 1. The molecule has 0 saturated heterocycles. The van der Waals surface area contributed by atoms with Crippen molar-refractivity contribution in [3.63, 3.8) is 0 Å². The number of carbonyl (C=O) groups is 2. The van der Waals surface area contributed by atoms with Gasteiger partial charge in [-0.05, 0) is 67.2 Å². The monoisotopic (exact) mass is 496 g/mol. The zero-order valence-corrected chi connectivity index (χ0v) is 21.7. The second-order valence-corrected chi connectivity index (χ2v) is 11.0. The molecule has 1 aliphatic carbocycles. The number of thioether (sulfide) groups is 1. The Hall–Kier alpha value is -3.31. The zero-order chi connectivity index (χ0) is 25.1. The van der Waals surface area contributed by atoms with Gasteiger partial charge in [0, 0.05) is 16.5 Å². The van der Waals surface area contributed by atoms with E-state index < -0.39 is 0 Å². The Kier molecular flexibility index (Phi) is 7.28. The standard InChI is InChI=1S/C31H32N2O2S/c1-21-8-7-10-24(18-21)20-33-27-12-5-6-13-28(27)36-29(31(33)35)19-23-14-16-25(17-15-23)30(34)32-26-11-4-3-9-22(26)2/h5-8,10,12-19,22,26H,3-4,9,11,20H2,1-2H3,(H,32,34)/b29-19+/t22-,26-/m1/s1. The van der Waals surface area contributed by atoms with Crippen LogP contribution in [0.25, 0.3) is 6.08 Å². The molecular weight excluding hydrogens is 464 g/mol. The van der Waals surface area contributed by atoms with E-state index in [1.54, 1.807) is 0 Å². The fourth-order valence-electron chi connectivity index (χ4n) is 5.08. The van der Waals surface area contributed by atoms with Gasteiger partial charge in [0.15, 0.2) is 0 Å². The summed E-state index contributed by atoms with van der Waals surface area (Å²) in [6.45, 7) is 4.81. The van der Waals surface area contributed by atoms with Gasteiger partial charge in [0.05, 0.1) is 17.1 Å². The molecule has 1 N–H and O–H groups in total. The maximum absolute atomic E-state index is 13.6. The number of benzene rings is 3. The molecule has 5 heteroatoms. The van der Waals surface area contributed by atoms with E-state index >= 15 is 0 Å². The van der Waals surface area contributed by atoms with Crippen LogP contribution >= 0.6 is 11.8 Å². The van der Waals surface area contributed by atoms with Crippen molar-refractivity contribution in [2.45, 2.75) is 57.0 Å². The highest BCUT2D eigenvalue weighted by Gasteiger charge is 2.29. The number of nitrogens with one attached hydrogen (secondary N) is 1. The summed E-state index contributed by atoms with van der Waals surface area (Å²) in [6.07, 6.45) is 6.58. The number of hydrogen-bond donors (Lipinski definition) is 1. The first kappa shape index (κ1) is 24.4. The Morgan fingerprint density at radius 2 is 1.81 bits per heavy atom. The van der Waals surface area contributed by atoms with Gasteiger partial charge in [0.2, 0.25) is 0 Å². The Labute approximate surface area is 217 Å². The maximum Gasteiger partial charge on any atom is 0.265 e. The van der Waals surface area contributed by atoms with E-state index in [9.17, 15) is 9.59 Å². The third-order valence-corrected chi connectivity index (χ3v) is 8.23. The first-order valence-corrected chi connectivity index (χ1v) is 13.6. The van der Waals surface area contributed by atoms with E-state index in [4.69, 9.17) is 0 Å². The highest BCUT2D eigenvalue weighted by atomic mass is 32.2. The summed E-state index contributed by atoms with van der Waals surface area (Å²) in [5, 5.41) is 3.22. The molecule has 1 saturated carbocycles. The predicted octanol–water partition coefficient (Wildman–Crippen LogP) is 6.98. The van der Waals surface area contributed by atoms with Gasteiger partial charge in [-0.15, -0.1) is 0 Å². The van der Waals surface area contributed by atoms with Crippen LogP contribution in [0.3, 0.4) is 0 Å². The van der Waals surface area contributed by atoms with Crippen LogP contribution in [0.2, 0.25) is 0 Å². The van der Waals surface area contributed by atoms with Gasteiger partial charge in [-0.3, -0.25) is 9.59 Å². The third-order valence-electron chi connectivity index (χ3n) is 7.15. The molecule has 0 unspecified atom stereocenters. The molecule has 0 aromatic heterocycles. The van der Waals surface area contributed by atoms with Crippen LogP contribution in [0.1, 0.15) is 59.7 Å². The van der Waals surface area contributed by atoms with Gasteiger partial charge in [-0.1, -0.05) is 85.6 Å². The number of aryl methyl sites for hydroxylation is 1. The highest BCUT2D eigenvalue weighted by molar-refractivity contribution is 8.04. The van der Waals surface area contributed by atoms with E-state index in [1.807, 2.05) is 59.5 Å². The lowest BCUT2D eigenvalue weighted by Crippen LogP contribution is -2.41. The summed E-state index contributed by atoms with van der Waals surface area (Å²) >= 11 is 1.50. The highest BCUT2D eigenvalue weighted by Crippen LogP contribution is 2.42. The van der Waals surface area contributed by atoms with Crippen molar-refractivity contribution in [1.82, 2.24) is 5.32 Å². The lowest BCUT2D eigenvalue weighted by atomic mass is 9.86. The predicted molar refractivity (Wildman–Crippen MR) is 148 cm³/mol. The smallest absolute Gasteiger partial charge is 0.265 e. The number of anilines is 1. The van der Waals surface area contributed by atoms with E-state index in [0.717, 1.165) is 28.1 Å². The average molecular weight is 497 g/mol. The molecule has 36 heavy (non-hydrogen) atoms. The fraction of sp³-hybridized carbons (Fsp3) is 0.290. The van der Waals surface area contributed by atoms with Crippen molar-refractivity contribution in [3.05, 3.63) is 100.0 Å². The van der Waals surface area contributed by atoms with E-state index in [0.29, 0.717) is 22.9 Å². The van der Waals surface area contributed by atoms with Gasteiger partial charge in [-0.2, -0.15) is 0 Å². The van der Waals surface area contributed by atoms with E-state index in [2.05, 4.69) is 43.4 Å². The zero-order valence-electron chi connectivity index (χ0n) is 20.9. The summed E-state index contributed by atoms with van der Waals surface area (Å²) < 4.78 is 0. The summed E-state index contributed by atoms with van der Waals surface area (Å²) in [6, 6.07) is 24.1. The molecule has 3 aromatic rings. The van der Waals surface area contributed by atoms with Crippen LogP contribution < -0.4 is 10.2 Å². The number of hydrogen-bond acceptors (Lipinski definition) is 3. The molecule has 2 amide bonds. The van der Waals surface area contributed by atoms with Crippen LogP contribution in [-0.4, -0.2) is 17.9 Å². The minimum absolute atomic E-state index is 0.00619. The SMILES string of the molecule is Cc1cccc(CN2C(=O)/C(=C\c3ccc(C(=O)N[C@@H]4CCCC[C@H]4C)cc3)Sc3ccccc32)c1. The van der Waals surface area contributed by atoms with E-state index in [-0.39, 0.29) is 17.9 Å². The third kappa shape index (κ3) is 5.41. The second-order valence-electron chi connectivity index (χ2n) is 9.92. The van der Waals surface area contributed by atoms with Crippen molar-refractivity contribution in [3.8, 4) is 0 Å². The second kappa shape index (κ2) is 10.8. The minimum atomic E-state index is -0.0191. The number of amides is 2. The van der Waals surface area contributed by atoms with Gasteiger partial charge in [0.1, 0.15) is 0 Å². The van der Waals surface area contributed by atoms with Gasteiger partial charge in [0.25, 0.3) is 11.8 Å². The molecule has 3 aromatic carbocycles. The number of fused-ring (bicyclic) bond motifs is 1. The quantitative estimate of drug-likeness (QED) is 0.388. The maximum atomic E-state index is 13.6. The largest absolute Gasteiger partial charge is 0.349 e.